The molecule has 0 aliphatic rings. The molecule has 2 heterocycles. The van der Waals surface area contributed by atoms with E-state index in [1.165, 1.54) is 0 Å². The summed E-state index contributed by atoms with van der Waals surface area (Å²) >= 11 is 0. The number of carbonyl (C=O) groups excluding carboxylic acids is 1. The van der Waals surface area contributed by atoms with Gasteiger partial charge in [0.05, 0.1) is 19.2 Å². The monoisotopic (exact) mass is 309 g/mol. The Hall–Kier alpha value is -3.02. The maximum absolute atomic E-state index is 11.8. The van der Waals surface area contributed by atoms with Crippen LogP contribution in [0.2, 0.25) is 0 Å². The van der Waals surface area contributed by atoms with Gasteiger partial charge in [-0.05, 0) is 13.0 Å². The molecular formula is C17H17N4O2+. The molecule has 0 saturated heterocycles. The number of aryl methyl sites for hydroxylation is 1. The van der Waals surface area contributed by atoms with E-state index in [0.29, 0.717) is 18.0 Å². The molecule has 0 radical (unpaired) electrons. The van der Waals surface area contributed by atoms with Crippen molar-refractivity contribution in [1.82, 2.24) is 14.9 Å². The lowest BCUT2D eigenvalue weighted by molar-refractivity contribution is -0.664. The molecule has 1 aromatic carbocycles. The Labute approximate surface area is 134 Å². The van der Waals surface area contributed by atoms with Gasteiger partial charge in [-0.2, -0.15) is 4.68 Å². The Kier molecular flexibility index (Phi) is 4.14. The lowest BCUT2D eigenvalue weighted by Gasteiger charge is -2.00. The second-order valence-corrected chi connectivity index (χ2v) is 4.96. The van der Waals surface area contributed by atoms with Crippen LogP contribution >= 0.6 is 0 Å². The van der Waals surface area contributed by atoms with E-state index < -0.39 is 0 Å². The summed E-state index contributed by atoms with van der Waals surface area (Å²) < 4.78 is 8.43. The van der Waals surface area contributed by atoms with Gasteiger partial charge in [-0.25, -0.2) is 4.79 Å². The van der Waals surface area contributed by atoms with Crippen LogP contribution in [-0.2, 0) is 11.8 Å². The summed E-state index contributed by atoms with van der Waals surface area (Å²) in [5.74, 6) is 0.198. The molecule has 116 valence electrons. The van der Waals surface area contributed by atoms with E-state index in [1.807, 2.05) is 43.6 Å². The quantitative estimate of drug-likeness (QED) is 0.546. The molecule has 0 spiro atoms. The van der Waals surface area contributed by atoms with Gasteiger partial charge in [-0.15, -0.1) is 9.67 Å². The van der Waals surface area contributed by atoms with Crippen LogP contribution in [0.3, 0.4) is 0 Å². The van der Waals surface area contributed by atoms with Gasteiger partial charge in [0, 0.05) is 16.8 Å². The Morgan fingerprint density at radius 1 is 1.26 bits per heavy atom. The van der Waals surface area contributed by atoms with Crippen LogP contribution in [0.15, 0.2) is 54.9 Å². The number of carbonyl (C=O) groups is 1. The zero-order chi connectivity index (χ0) is 16.2. The SMILES string of the molecule is CCOC(=O)c1ccnc(-[n+]2cc(-c3ccccc3)n(C)n2)c1. The second kappa shape index (κ2) is 6.39. The summed E-state index contributed by atoms with van der Waals surface area (Å²) in [6, 6.07) is 13.3. The first-order chi connectivity index (χ1) is 11.2. The summed E-state index contributed by atoms with van der Waals surface area (Å²) in [6.07, 6.45) is 3.46. The van der Waals surface area contributed by atoms with Crippen molar-refractivity contribution in [3.63, 3.8) is 0 Å². The molecule has 0 amide bonds. The topological polar surface area (TPSA) is 60.9 Å². The fourth-order valence-corrected chi connectivity index (χ4v) is 2.29. The third-order valence-corrected chi connectivity index (χ3v) is 3.38. The van der Waals surface area contributed by atoms with Crippen molar-refractivity contribution >= 4 is 5.97 Å². The van der Waals surface area contributed by atoms with Gasteiger partial charge < -0.3 is 4.74 Å². The Morgan fingerprint density at radius 3 is 2.78 bits per heavy atom. The molecule has 0 aliphatic heterocycles. The largest absolute Gasteiger partial charge is 0.462 e. The highest BCUT2D eigenvalue weighted by Crippen LogP contribution is 2.16. The number of benzene rings is 1. The van der Waals surface area contributed by atoms with Crippen LogP contribution in [-0.4, -0.2) is 27.5 Å². The molecule has 3 aromatic rings. The second-order valence-electron chi connectivity index (χ2n) is 4.96. The van der Waals surface area contributed by atoms with Crippen molar-refractivity contribution in [3.8, 4) is 17.1 Å². The minimum absolute atomic E-state index is 0.339. The number of rotatable bonds is 4. The van der Waals surface area contributed by atoms with Gasteiger partial charge in [0.1, 0.15) is 12.4 Å². The van der Waals surface area contributed by atoms with E-state index in [4.69, 9.17) is 4.74 Å². The summed E-state index contributed by atoms with van der Waals surface area (Å²) in [6.45, 7) is 2.12. The molecule has 0 bridgehead atoms. The average Bonchev–Trinajstić information content (AvgIpc) is 2.98. The highest BCUT2D eigenvalue weighted by atomic mass is 16.5. The predicted molar refractivity (Wildman–Crippen MR) is 83.9 cm³/mol. The van der Waals surface area contributed by atoms with Crippen LogP contribution in [0.25, 0.3) is 17.1 Å². The molecule has 0 fully saturated rings. The molecule has 0 N–H and O–H groups in total. The van der Waals surface area contributed by atoms with Gasteiger partial charge in [0.15, 0.2) is 5.69 Å². The first-order valence-corrected chi connectivity index (χ1v) is 7.34. The van der Waals surface area contributed by atoms with Crippen LogP contribution in [0.1, 0.15) is 17.3 Å². The van der Waals surface area contributed by atoms with E-state index in [2.05, 4.69) is 10.2 Å². The van der Waals surface area contributed by atoms with Gasteiger partial charge in [-0.3, -0.25) is 0 Å². The van der Waals surface area contributed by atoms with Gasteiger partial charge >= 0.3 is 5.97 Å². The molecular weight excluding hydrogens is 292 g/mol. The normalized spacial score (nSPS) is 10.5. The fourth-order valence-electron chi connectivity index (χ4n) is 2.29. The van der Waals surface area contributed by atoms with Crippen LogP contribution in [0.5, 0.6) is 0 Å². The number of nitrogens with zero attached hydrogens (tertiary/aromatic N) is 4. The third kappa shape index (κ3) is 3.11. The summed E-state index contributed by atoms with van der Waals surface area (Å²) in [4.78, 5) is 16.1. The highest BCUT2D eigenvalue weighted by molar-refractivity contribution is 5.89. The van der Waals surface area contributed by atoms with E-state index in [9.17, 15) is 4.79 Å². The maximum atomic E-state index is 11.8. The number of hydrogen-bond donors (Lipinski definition) is 0. The number of hydrogen-bond acceptors (Lipinski definition) is 4. The number of pyridine rings is 1. The zero-order valence-corrected chi connectivity index (χ0v) is 13.0. The zero-order valence-electron chi connectivity index (χ0n) is 13.0. The molecule has 0 saturated carbocycles. The molecule has 6 heteroatoms. The van der Waals surface area contributed by atoms with Crippen molar-refractivity contribution < 1.29 is 14.2 Å². The average molecular weight is 309 g/mol. The van der Waals surface area contributed by atoms with Gasteiger partial charge in [-0.1, -0.05) is 30.3 Å². The first kappa shape index (κ1) is 14.9. The smallest absolute Gasteiger partial charge is 0.338 e. The minimum Gasteiger partial charge on any atom is -0.462 e. The maximum Gasteiger partial charge on any atom is 0.338 e. The standard InChI is InChI=1S/C17H17N4O2/c1-3-23-17(22)14-9-10-18-16(11-14)21-12-15(20(2)19-21)13-7-5-4-6-8-13/h4-12H,3H2,1-2H3/q+1. The molecule has 23 heavy (non-hydrogen) atoms. The summed E-state index contributed by atoms with van der Waals surface area (Å²) in [7, 11) is 1.87. The number of esters is 1. The minimum atomic E-state index is -0.365. The number of ether oxygens (including phenoxy) is 1. The van der Waals surface area contributed by atoms with Gasteiger partial charge in [0.2, 0.25) is 0 Å². The van der Waals surface area contributed by atoms with E-state index in [1.54, 1.807) is 34.6 Å². The molecule has 2 aromatic heterocycles. The van der Waals surface area contributed by atoms with Crippen molar-refractivity contribution in [3.05, 3.63) is 60.4 Å². The molecule has 6 nitrogen and oxygen atoms in total. The predicted octanol–water partition coefficient (Wildman–Crippen LogP) is 1.94. The lowest BCUT2D eigenvalue weighted by atomic mass is 10.2. The molecule has 3 rings (SSSR count). The van der Waals surface area contributed by atoms with Crippen molar-refractivity contribution in [2.24, 2.45) is 7.05 Å². The van der Waals surface area contributed by atoms with Crippen molar-refractivity contribution in [2.75, 3.05) is 6.61 Å². The fraction of sp³-hybridized carbons (Fsp3) is 0.176. The Morgan fingerprint density at radius 2 is 2.04 bits per heavy atom. The van der Waals surface area contributed by atoms with Crippen LogP contribution < -0.4 is 4.68 Å². The van der Waals surface area contributed by atoms with E-state index in [-0.39, 0.29) is 5.97 Å². The van der Waals surface area contributed by atoms with Crippen molar-refractivity contribution in [1.29, 1.82) is 0 Å². The van der Waals surface area contributed by atoms with Gasteiger partial charge in [0.25, 0.3) is 5.82 Å². The molecule has 0 aliphatic carbocycles. The summed E-state index contributed by atoms with van der Waals surface area (Å²) in [5.41, 5.74) is 2.47. The number of aromatic nitrogens is 4. The highest BCUT2D eigenvalue weighted by Gasteiger charge is 2.17. The van der Waals surface area contributed by atoms with Crippen molar-refractivity contribution in [2.45, 2.75) is 6.92 Å². The Balaban J connectivity index is 1.97. The third-order valence-electron chi connectivity index (χ3n) is 3.38. The molecule has 0 unspecified atom stereocenters. The lowest BCUT2D eigenvalue weighted by Crippen LogP contribution is -2.34. The summed E-state index contributed by atoms with van der Waals surface area (Å²) in [5, 5.41) is 4.42. The van der Waals surface area contributed by atoms with E-state index in [0.717, 1.165) is 11.3 Å². The first-order valence-electron chi connectivity index (χ1n) is 7.34. The van der Waals surface area contributed by atoms with E-state index >= 15 is 0 Å². The van der Waals surface area contributed by atoms with Crippen LogP contribution in [0.4, 0.5) is 0 Å². The Bertz CT molecular complexity index is 828. The molecule has 0 atom stereocenters. The van der Waals surface area contributed by atoms with Crippen LogP contribution in [0, 0.1) is 0 Å².